The summed E-state index contributed by atoms with van der Waals surface area (Å²) in [7, 11) is 1.48. The molecule has 4 rings (SSSR count). The van der Waals surface area contributed by atoms with E-state index in [-0.39, 0.29) is 29.9 Å². The number of aromatic nitrogens is 3. The molecule has 1 amide bonds. The number of amides is 1. The fourth-order valence-corrected chi connectivity index (χ4v) is 4.42. The van der Waals surface area contributed by atoms with Gasteiger partial charge >= 0.3 is 6.43 Å². The van der Waals surface area contributed by atoms with Gasteiger partial charge in [-0.25, -0.2) is 4.39 Å². The van der Waals surface area contributed by atoms with Gasteiger partial charge in [0.05, 0.1) is 30.6 Å². The first-order valence-corrected chi connectivity index (χ1v) is 11.7. The van der Waals surface area contributed by atoms with Crippen LogP contribution in [0.5, 0.6) is 5.75 Å². The molecule has 0 unspecified atom stereocenters. The van der Waals surface area contributed by atoms with Crippen LogP contribution in [0.3, 0.4) is 0 Å². The van der Waals surface area contributed by atoms with Gasteiger partial charge in [-0.3, -0.25) is 9.78 Å². The molecule has 0 saturated carbocycles. The first kappa shape index (κ1) is 25.6. The van der Waals surface area contributed by atoms with Crippen molar-refractivity contribution in [2.45, 2.75) is 51.6 Å². The van der Waals surface area contributed by atoms with Gasteiger partial charge in [0, 0.05) is 18.3 Å². The predicted octanol–water partition coefficient (Wildman–Crippen LogP) is 4.97. The number of methoxy groups -OCH3 is 1. The Morgan fingerprint density at radius 1 is 1.22 bits per heavy atom. The van der Waals surface area contributed by atoms with Crippen molar-refractivity contribution in [3.63, 3.8) is 0 Å². The summed E-state index contributed by atoms with van der Waals surface area (Å²) in [5.41, 5.74) is 1.71. The van der Waals surface area contributed by atoms with Crippen molar-refractivity contribution in [1.29, 1.82) is 0 Å². The fraction of sp³-hybridized carbons (Fsp3) is 0.440. The monoisotopic (exact) mass is 503 g/mol. The standard InChI is InChI=1S/C25H28F3N5O3/c1-15(2)32-8-6-16(7-9-32)19-10-22(35-3)21(11-20(19)26)33(14-34)13-18-5-4-17(12-29-18)24-30-31-25(36-24)23(27)28/h4-5,10-12,14-16,23H,6-9,13H2,1-3H3. The number of likely N-dealkylation sites (tertiary alicyclic amines) is 1. The van der Waals surface area contributed by atoms with Crippen molar-refractivity contribution in [3.05, 3.63) is 53.4 Å². The number of ether oxygens (including phenoxy) is 1. The van der Waals surface area contributed by atoms with E-state index in [1.807, 2.05) is 0 Å². The number of benzene rings is 1. The molecular formula is C25H28F3N5O3. The molecule has 1 aromatic carbocycles. The van der Waals surface area contributed by atoms with Crippen LogP contribution in [-0.4, -0.2) is 52.7 Å². The molecule has 36 heavy (non-hydrogen) atoms. The van der Waals surface area contributed by atoms with E-state index in [0.29, 0.717) is 35.0 Å². The molecule has 3 heterocycles. The van der Waals surface area contributed by atoms with Crippen LogP contribution in [-0.2, 0) is 11.3 Å². The Labute approximate surface area is 207 Å². The van der Waals surface area contributed by atoms with Gasteiger partial charge < -0.3 is 19.0 Å². The van der Waals surface area contributed by atoms with Crippen LogP contribution in [0.15, 0.2) is 34.9 Å². The van der Waals surface area contributed by atoms with Crippen molar-refractivity contribution in [2.75, 3.05) is 25.1 Å². The maximum atomic E-state index is 15.2. The molecule has 0 aliphatic carbocycles. The Hall–Kier alpha value is -3.47. The van der Waals surface area contributed by atoms with E-state index in [4.69, 9.17) is 9.15 Å². The van der Waals surface area contributed by atoms with Crippen LogP contribution in [0.4, 0.5) is 18.9 Å². The van der Waals surface area contributed by atoms with Crippen molar-refractivity contribution in [1.82, 2.24) is 20.1 Å². The highest BCUT2D eigenvalue weighted by Crippen LogP contribution is 2.38. The molecule has 3 aromatic rings. The summed E-state index contributed by atoms with van der Waals surface area (Å²) in [4.78, 5) is 19.9. The first-order valence-electron chi connectivity index (χ1n) is 11.7. The summed E-state index contributed by atoms with van der Waals surface area (Å²) in [6, 6.07) is 6.63. The maximum absolute atomic E-state index is 15.2. The van der Waals surface area contributed by atoms with Gasteiger partial charge in [0.1, 0.15) is 11.6 Å². The van der Waals surface area contributed by atoms with E-state index in [1.54, 1.807) is 18.2 Å². The van der Waals surface area contributed by atoms with Crippen molar-refractivity contribution >= 4 is 12.1 Å². The normalized spacial score (nSPS) is 15.0. The lowest BCUT2D eigenvalue weighted by Gasteiger charge is -2.35. The number of nitrogens with zero attached hydrogens (tertiary/aromatic N) is 5. The number of hydrogen-bond donors (Lipinski definition) is 0. The zero-order valence-electron chi connectivity index (χ0n) is 20.3. The quantitative estimate of drug-likeness (QED) is 0.381. The number of carbonyl (C=O) groups is 1. The lowest BCUT2D eigenvalue weighted by molar-refractivity contribution is -0.107. The van der Waals surface area contributed by atoms with Crippen molar-refractivity contribution in [3.8, 4) is 17.2 Å². The van der Waals surface area contributed by atoms with Crippen LogP contribution in [0.1, 0.15) is 56.2 Å². The summed E-state index contributed by atoms with van der Waals surface area (Å²) in [5, 5.41) is 6.88. The molecule has 1 saturated heterocycles. The highest BCUT2D eigenvalue weighted by atomic mass is 19.3. The molecule has 192 valence electrons. The molecule has 1 fully saturated rings. The molecule has 2 aromatic heterocycles. The molecule has 1 aliphatic rings. The van der Waals surface area contributed by atoms with E-state index in [2.05, 4.69) is 33.9 Å². The number of piperidine rings is 1. The topological polar surface area (TPSA) is 84.6 Å². The van der Waals surface area contributed by atoms with E-state index in [0.717, 1.165) is 25.9 Å². The minimum absolute atomic E-state index is 0.0395. The minimum atomic E-state index is -2.87. The molecule has 0 atom stereocenters. The Morgan fingerprint density at radius 2 is 1.97 bits per heavy atom. The molecular weight excluding hydrogens is 475 g/mol. The second-order valence-electron chi connectivity index (χ2n) is 8.97. The average Bonchev–Trinajstić information content (AvgIpc) is 3.38. The van der Waals surface area contributed by atoms with Gasteiger partial charge in [-0.15, -0.1) is 10.2 Å². The summed E-state index contributed by atoms with van der Waals surface area (Å²) >= 11 is 0. The van der Waals surface area contributed by atoms with Crippen LogP contribution >= 0.6 is 0 Å². The molecule has 0 N–H and O–H groups in total. The average molecular weight is 504 g/mol. The van der Waals surface area contributed by atoms with Gasteiger partial charge in [0.25, 0.3) is 5.89 Å². The Morgan fingerprint density at radius 3 is 2.53 bits per heavy atom. The molecule has 0 spiro atoms. The van der Waals surface area contributed by atoms with Crippen molar-refractivity contribution < 1.29 is 27.1 Å². The van der Waals surface area contributed by atoms with E-state index < -0.39 is 12.3 Å². The lowest BCUT2D eigenvalue weighted by Crippen LogP contribution is -2.38. The molecule has 0 bridgehead atoms. The summed E-state index contributed by atoms with van der Waals surface area (Å²) in [6.07, 6.45) is 0.801. The fourth-order valence-electron chi connectivity index (χ4n) is 4.42. The number of hydrogen-bond acceptors (Lipinski definition) is 7. The van der Waals surface area contributed by atoms with Crippen LogP contribution in [0.2, 0.25) is 0 Å². The first-order chi connectivity index (χ1) is 17.3. The van der Waals surface area contributed by atoms with Gasteiger partial charge in [-0.05, 0) is 69.5 Å². The predicted molar refractivity (Wildman–Crippen MR) is 126 cm³/mol. The van der Waals surface area contributed by atoms with Gasteiger partial charge in [0.15, 0.2) is 0 Å². The van der Waals surface area contributed by atoms with Crippen molar-refractivity contribution in [2.24, 2.45) is 0 Å². The maximum Gasteiger partial charge on any atom is 0.314 e. The third-order valence-corrected chi connectivity index (χ3v) is 6.47. The zero-order chi connectivity index (χ0) is 25.8. The minimum Gasteiger partial charge on any atom is -0.495 e. The van der Waals surface area contributed by atoms with Gasteiger partial charge in [-0.2, -0.15) is 8.78 Å². The largest absolute Gasteiger partial charge is 0.495 e. The second-order valence-corrected chi connectivity index (χ2v) is 8.97. The van der Waals surface area contributed by atoms with Crippen LogP contribution in [0, 0.1) is 5.82 Å². The molecule has 11 heteroatoms. The highest BCUT2D eigenvalue weighted by molar-refractivity contribution is 5.79. The summed E-state index contributed by atoms with van der Waals surface area (Å²) in [6.45, 7) is 6.16. The van der Waals surface area contributed by atoms with Crippen LogP contribution < -0.4 is 9.64 Å². The molecule has 8 nitrogen and oxygen atoms in total. The number of pyridine rings is 1. The summed E-state index contributed by atoms with van der Waals surface area (Å²) in [5.74, 6) is -0.765. The van der Waals surface area contributed by atoms with Crippen LogP contribution in [0.25, 0.3) is 11.5 Å². The third-order valence-electron chi connectivity index (χ3n) is 6.47. The Bertz CT molecular complexity index is 1180. The van der Waals surface area contributed by atoms with E-state index in [1.165, 1.54) is 24.3 Å². The van der Waals surface area contributed by atoms with Gasteiger partial charge in [0.2, 0.25) is 12.3 Å². The number of carbonyl (C=O) groups excluding carboxylic acids is 1. The number of rotatable bonds is 9. The summed E-state index contributed by atoms with van der Waals surface area (Å²) < 4.78 is 51.0. The lowest BCUT2D eigenvalue weighted by atomic mass is 9.88. The number of anilines is 1. The number of halogens is 3. The molecule has 0 radical (unpaired) electrons. The van der Waals surface area contributed by atoms with Gasteiger partial charge in [-0.1, -0.05) is 0 Å². The van der Waals surface area contributed by atoms with E-state index >= 15 is 4.39 Å². The highest BCUT2D eigenvalue weighted by Gasteiger charge is 2.26. The zero-order valence-corrected chi connectivity index (χ0v) is 20.3. The third kappa shape index (κ3) is 5.51. The Kier molecular flexibility index (Phi) is 7.88. The van der Waals surface area contributed by atoms with E-state index in [9.17, 15) is 13.6 Å². The Balaban J connectivity index is 1.51. The molecule has 1 aliphatic heterocycles. The smallest absolute Gasteiger partial charge is 0.314 e. The SMILES string of the molecule is COc1cc(C2CCN(C(C)C)CC2)c(F)cc1N(C=O)Cc1ccc(-c2nnc(C(F)F)o2)cn1. The second kappa shape index (κ2) is 11.1. The number of alkyl halides is 2.